The Morgan fingerprint density at radius 2 is 2.00 bits per heavy atom. The fraction of sp³-hybridized carbons (Fsp3) is 0.304. The third-order valence-corrected chi connectivity index (χ3v) is 4.83. The molecule has 0 spiro atoms. The van der Waals surface area contributed by atoms with Crippen LogP contribution < -0.4 is 9.47 Å². The Hall–Kier alpha value is -2.99. The maximum atomic E-state index is 10.6. The van der Waals surface area contributed by atoms with Gasteiger partial charge in [-0.3, -0.25) is 9.89 Å². The van der Waals surface area contributed by atoms with Crippen molar-refractivity contribution in [2.24, 2.45) is 0 Å². The normalized spacial score (nSPS) is 11.0. The van der Waals surface area contributed by atoms with Crippen LogP contribution in [0, 0.1) is 6.92 Å². The molecule has 1 heterocycles. The summed E-state index contributed by atoms with van der Waals surface area (Å²) in [7, 11) is 0. The number of halogens is 1. The van der Waals surface area contributed by atoms with Gasteiger partial charge in [0, 0.05) is 23.1 Å². The van der Waals surface area contributed by atoms with Crippen molar-refractivity contribution in [3.63, 3.8) is 0 Å². The minimum absolute atomic E-state index is 0.0481. The summed E-state index contributed by atoms with van der Waals surface area (Å²) in [5.41, 5.74) is 4.45. The Morgan fingerprint density at radius 3 is 2.70 bits per heavy atom. The molecule has 0 amide bonds. The van der Waals surface area contributed by atoms with Crippen molar-refractivity contribution in [1.82, 2.24) is 10.2 Å². The lowest BCUT2D eigenvalue weighted by atomic mass is 10.0. The molecular weight excluding hydrogens is 404 g/mol. The number of nitrogens with zero attached hydrogens (tertiary/aromatic N) is 1. The molecule has 0 fully saturated rings. The van der Waals surface area contributed by atoms with Gasteiger partial charge in [-0.15, -0.1) is 0 Å². The van der Waals surface area contributed by atoms with Gasteiger partial charge in [-0.05, 0) is 57.5 Å². The van der Waals surface area contributed by atoms with Crippen LogP contribution in [0.25, 0.3) is 22.5 Å². The number of carboxylic acids is 1. The van der Waals surface area contributed by atoms with Gasteiger partial charge in [0.2, 0.25) is 0 Å². The minimum atomic E-state index is -0.821. The van der Waals surface area contributed by atoms with Crippen LogP contribution in [0.15, 0.2) is 42.5 Å². The number of aromatic amines is 1. The maximum Gasteiger partial charge on any atom is 0.303 e. The Balaban J connectivity index is 1.78. The summed E-state index contributed by atoms with van der Waals surface area (Å²) >= 11 is 6.36. The molecule has 3 rings (SSSR count). The third kappa shape index (κ3) is 5.33. The Morgan fingerprint density at radius 1 is 1.20 bits per heavy atom. The van der Waals surface area contributed by atoms with Crippen LogP contribution in [0.4, 0.5) is 0 Å². The predicted octanol–water partition coefficient (Wildman–Crippen LogP) is 5.74. The number of aromatic nitrogens is 2. The van der Waals surface area contributed by atoms with Gasteiger partial charge in [0.1, 0.15) is 11.5 Å². The lowest BCUT2D eigenvalue weighted by Gasteiger charge is -2.12. The molecule has 2 N–H and O–H groups in total. The average Bonchev–Trinajstić information content (AvgIpc) is 3.17. The van der Waals surface area contributed by atoms with Crippen molar-refractivity contribution in [2.75, 3.05) is 6.61 Å². The SMILES string of the molecule is Cc1c(OCCCC(=O)O)cccc1-c1cc(-c2ccc(OC(C)C)c(Cl)c2)n[nH]1. The van der Waals surface area contributed by atoms with E-state index in [2.05, 4.69) is 10.2 Å². The maximum absolute atomic E-state index is 10.6. The molecule has 0 saturated heterocycles. The molecule has 0 atom stereocenters. The van der Waals surface area contributed by atoms with Gasteiger partial charge in [-0.1, -0.05) is 23.7 Å². The Bertz CT molecular complexity index is 1030. The van der Waals surface area contributed by atoms with Crippen LogP contribution in [0.5, 0.6) is 11.5 Å². The highest BCUT2D eigenvalue weighted by molar-refractivity contribution is 6.32. The fourth-order valence-electron chi connectivity index (χ4n) is 3.09. The van der Waals surface area contributed by atoms with Gasteiger partial charge < -0.3 is 14.6 Å². The van der Waals surface area contributed by atoms with Crippen LogP contribution in [0.2, 0.25) is 5.02 Å². The highest BCUT2D eigenvalue weighted by atomic mass is 35.5. The summed E-state index contributed by atoms with van der Waals surface area (Å²) in [4.78, 5) is 10.6. The lowest BCUT2D eigenvalue weighted by molar-refractivity contribution is -0.137. The topological polar surface area (TPSA) is 84.4 Å². The van der Waals surface area contributed by atoms with Crippen LogP contribution in [0.3, 0.4) is 0 Å². The van der Waals surface area contributed by atoms with Gasteiger partial charge in [0.15, 0.2) is 0 Å². The number of hydrogen-bond acceptors (Lipinski definition) is 4. The van der Waals surface area contributed by atoms with E-state index in [1.54, 1.807) is 0 Å². The molecule has 0 aliphatic carbocycles. The zero-order valence-electron chi connectivity index (χ0n) is 17.2. The summed E-state index contributed by atoms with van der Waals surface area (Å²) in [6, 6.07) is 13.4. The molecule has 30 heavy (non-hydrogen) atoms. The third-order valence-electron chi connectivity index (χ3n) is 4.53. The van der Waals surface area contributed by atoms with Crippen molar-refractivity contribution in [1.29, 1.82) is 0 Å². The van der Waals surface area contributed by atoms with E-state index in [4.69, 9.17) is 26.2 Å². The molecule has 7 heteroatoms. The Labute approximate surface area is 180 Å². The van der Waals surface area contributed by atoms with E-state index >= 15 is 0 Å². The van der Waals surface area contributed by atoms with Crippen molar-refractivity contribution in [3.05, 3.63) is 53.1 Å². The first-order valence-electron chi connectivity index (χ1n) is 9.81. The van der Waals surface area contributed by atoms with Crippen LogP contribution >= 0.6 is 11.6 Å². The van der Waals surface area contributed by atoms with Gasteiger partial charge in [0.05, 0.1) is 29.1 Å². The number of nitrogens with one attached hydrogen (secondary N) is 1. The van der Waals surface area contributed by atoms with Crippen molar-refractivity contribution in [2.45, 2.75) is 39.7 Å². The quantitative estimate of drug-likeness (QED) is 0.425. The zero-order chi connectivity index (χ0) is 21.7. The van der Waals surface area contributed by atoms with Crippen molar-refractivity contribution >= 4 is 17.6 Å². The predicted molar refractivity (Wildman–Crippen MR) is 117 cm³/mol. The first-order chi connectivity index (χ1) is 14.3. The number of benzene rings is 2. The molecule has 3 aromatic rings. The fourth-order valence-corrected chi connectivity index (χ4v) is 3.31. The largest absolute Gasteiger partial charge is 0.493 e. The second-order valence-electron chi connectivity index (χ2n) is 7.25. The molecule has 0 saturated carbocycles. The average molecular weight is 429 g/mol. The zero-order valence-corrected chi connectivity index (χ0v) is 18.0. The monoisotopic (exact) mass is 428 g/mol. The molecular formula is C23H25ClN2O4. The second-order valence-corrected chi connectivity index (χ2v) is 7.66. The van der Waals surface area contributed by atoms with Crippen molar-refractivity contribution < 1.29 is 19.4 Å². The molecule has 0 unspecified atom stereocenters. The molecule has 0 aliphatic rings. The number of H-pyrrole nitrogens is 1. The number of carbonyl (C=O) groups is 1. The van der Waals surface area contributed by atoms with E-state index in [1.165, 1.54) is 0 Å². The summed E-state index contributed by atoms with van der Waals surface area (Å²) < 4.78 is 11.5. The number of rotatable bonds is 9. The second kappa shape index (κ2) is 9.67. The molecule has 1 aromatic heterocycles. The van der Waals surface area contributed by atoms with E-state index in [9.17, 15) is 4.79 Å². The standard InChI is InChI=1S/C23H25ClN2O4/c1-14(2)30-22-10-9-16(12-18(22)24)19-13-20(26-25-19)17-6-4-7-21(15(17)3)29-11-5-8-23(27)28/h4,6-7,9-10,12-14H,5,8,11H2,1-3H3,(H,25,26)(H,27,28). The van der Waals surface area contributed by atoms with Gasteiger partial charge in [-0.2, -0.15) is 5.10 Å². The summed E-state index contributed by atoms with van der Waals surface area (Å²) in [6.45, 7) is 6.23. The van der Waals surface area contributed by atoms with E-state index in [1.807, 2.05) is 63.2 Å². The lowest BCUT2D eigenvalue weighted by Crippen LogP contribution is -2.05. The number of hydrogen-bond donors (Lipinski definition) is 2. The highest BCUT2D eigenvalue weighted by Gasteiger charge is 2.13. The first-order valence-corrected chi connectivity index (χ1v) is 10.2. The summed E-state index contributed by atoms with van der Waals surface area (Å²) in [5.74, 6) is 0.556. The number of aliphatic carboxylic acids is 1. The van der Waals surface area contributed by atoms with Crippen molar-refractivity contribution in [3.8, 4) is 34.0 Å². The molecule has 6 nitrogen and oxygen atoms in total. The summed E-state index contributed by atoms with van der Waals surface area (Å²) in [6.07, 6.45) is 0.600. The molecule has 2 aromatic carbocycles. The Kier molecular flexibility index (Phi) is 7.00. The van der Waals surface area contributed by atoms with E-state index in [0.29, 0.717) is 23.8 Å². The molecule has 0 bridgehead atoms. The molecule has 0 aliphatic heterocycles. The van der Waals surface area contributed by atoms with Crippen LogP contribution in [-0.2, 0) is 4.79 Å². The first kappa shape index (κ1) is 21.7. The van der Waals surface area contributed by atoms with E-state index < -0.39 is 5.97 Å². The minimum Gasteiger partial charge on any atom is -0.493 e. The van der Waals surface area contributed by atoms with Gasteiger partial charge in [-0.25, -0.2) is 0 Å². The summed E-state index contributed by atoms with van der Waals surface area (Å²) in [5, 5.41) is 16.8. The smallest absolute Gasteiger partial charge is 0.303 e. The number of ether oxygens (including phenoxy) is 2. The highest BCUT2D eigenvalue weighted by Crippen LogP contribution is 2.34. The van der Waals surface area contributed by atoms with E-state index in [-0.39, 0.29) is 12.5 Å². The van der Waals surface area contributed by atoms with Crippen LogP contribution in [0.1, 0.15) is 32.3 Å². The van der Waals surface area contributed by atoms with Gasteiger partial charge in [0.25, 0.3) is 0 Å². The van der Waals surface area contributed by atoms with Crippen LogP contribution in [-0.4, -0.2) is 34.0 Å². The van der Waals surface area contributed by atoms with Gasteiger partial charge >= 0.3 is 5.97 Å². The van der Waals surface area contributed by atoms with E-state index in [0.717, 1.165) is 33.8 Å². The number of carboxylic acid groups (broad SMARTS) is 1. The molecule has 158 valence electrons. The molecule has 0 radical (unpaired) electrons.